The van der Waals surface area contributed by atoms with Crippen LogP contribution in [0.2, 0.25) is 0 Å². The van der Waals surface area contributed by atoms with Crippen molar-refractivity contribution in [1.29, 1.82) is 0 Å². The van der Waals surface area contributed by atoms with Crippen molar-refractivity contribution in [3.63, 3.8) is 0 Å². The van der Waals surface area contributed by atoms with E-state index in [1.807, 2.05) is 0 Å². The predicted molar refractivity (Wildman–Crippen MR) is 60.3 cm³/mol. The molecule has 0 aliphatic carbocycles. The molecule has 1 aromatic rings. The van der Waals surface area contributed by atoms with Crippen molar-refractivity contribution >= 4 is 12.0 Å². The van der Waals surface area contributed by atoms with Gasteiger partial charge in [0.1, 0.15) is 5.75 Å². The number of carboxylic acid groups (broad SMARTS) is 1. The third-order valence-electron chi connectivity index (χ3n) is 1.87. The lowest BCUT2D eigenvalue weighted by Gasteiger charge is -2.04. The summed E-state index contributed by atoms with van der Waals surface area (Å²) in [4.78, 5) is 10.3. The van der Waals surface area contributed by atoms with Gasteiger partial charge in [-0.1, -0.05) is 12.1 Å². The monoisotopic (exact) mass is 222 g/mol. The van der Waals surface area contributed by atoms with Gasteiger partial charge in [0.15, 0.2) is 0 Å². The number of ether oxygens (including phenoxy) is 1. The van der Waals surface area contributed by atoms with Gasteiger partial charge in [-0.3, -0.25) is 0 Å². The maximum atomic E-state index is 10.3. The van der Waals surface area contributed by atoms with Crippen molar-refractivity contribution in [1.82, 2.24) is 0 Å². The van der Waals surface area contributed by atoms with Gasteiger partial charge in [-0.05, 0) is 23.8 Å². The second kappa shape index (κ2) is 6.63. The molecule has 0 fully saturated rings. The van der Waals surface area contributed by atoms with Gasteiger partial charge in [-0.25, -0.2) is 4.79 Å². The minimum absolute atomic E-state index is 0.111. The Hall–Kier alpha value is -1.81. The van der Waals surface area contributed by atoms with Crippen LogP contribution in [0.4, 0.5) is 0 Å². The number of aliphatic hydroxyl groups is 1. The quantitative estimate of drug-likeness (QED) is 0.566. The summed E-state index contributed by atoms with van der Waals surface area (Å²) in [7, 11) is 0. The summed E-state index contributed by atoms with van der Waals surface area (Å²) in [6, 6.07) is 7.07. The molecular formula is C12H14O4. The van der Waals surface area contributed by atoms with Gasteiger partial charge in [-0.2, -0.15) is 0 Å². The molecule has 0 unspecified atom stereocenters. The molecule has 0 saturated heterocycles. The van der Waals surface area contributed by atoms with Crippen molar-refractivity contribution < 1.29 is 19.7 Å². The Morgan fingerprint density at radius 1 is 1.31 bits per heavy atom. The number of hydrogen-bond acceptors (Lipinski definition) is 3. The fourth-order valence-corrected chi connectivity index (χ4v) is 1.10. The van der Waals surface area contributed by atoms with Crippen LogP contribution in [0.3, 0.4) is 0 Å². The van der Waals surface area contributed by atoms with Crippen LogP contribution in [0.1, 0.15) is 12.0 Å². The fraction of sp³-hybridized carbons (Fsp3) is 0.250. The zero-order valence-corrected chi connectivity index (χ0v) is 8.80. The molecular weight excluding hydrogens is 208 g/mol. The maximum absolute atomic E-state index is 10.3. The van der Waals surface area contributed by atoms with Crippen LogP contribution >= 0.6 is 0 Å². The van der Waals surface area contributed by atoms with Crippen molar-refractivity contribution in [2.45, 2.75) is 6.42 Å². The summed E-state index contributed by atoms with van der Waals surface area (Å²) < 4.78 is 5.33. The fourth-order valence-electron chi connectivity index (χ4n) is 1.10. The van der Waals surface area contributed by atoms with E-state index in [0.29, 0.717) is 18.8 Å². The second-order valence-corrected chi connectivity index (χ2v) is 3.17. The topological polar surface area (TPSA) is 66.8 Å². The van der Waals surface area contributed by atoms with E-state index < -0.39 is 5.97 Å². The second-order valence-electron chi connectivity index (χ2n) is 3.17. The van der Waals surface area contributed by atoms with Crippen molar-refractivity contribution in [3.8, 4) is 5.75 Å². The Morgan fingerprint density at radius 2 is 2.00 bits per heavy atom. The molecule has 0 atom stereocenters. The van der Waals surface area contributed by atoms with E-state index in [0.717, 1.165) is 11.6 Å². The number of carbonyl (C=O) groups is 1. The van der Waals surface area contributed by atoms with Crippen LogP contribution in [0.15, 0.2) is 30.3 Å². The van der Waals surface area contributed by atoms with Gasteiger partial charge in [0.05, 0.1) is 6.61 Å². The first-order valence-electron chi connectivity index (χ1n) is 4.97. The van der Waals surface area contributed by atoms with E-state index in [4.69, 9.17) is 14.9 Å². The molecule has 86 valence electrons. The number of aliphatic hydroxyl groups excluding tert-OH is 1. The average molecular weight is 222 g/mol. The summed E-state index contributed by atoms with van der Waals surface area (Å²) in [6.45, 7) is 0.584. The molecule has 0 radical (unpaired) electrons. The van der Waals surface area contributed by atoms with Gasteiger partial charge in [0, 0.05) is 19.1 Å². The molecule has 0 aromatic heterocycles. The Bertz CT molecular complexity index is 354. The number of aliphatic carboxylic acids is 1. The minimum atomic E-state index is -0.969. The largest absolute Gasteiger partial charge is 0.494 e. The van der Waals surface area contributed by atoms with Crippen LogP contribution in [0.5, 0.6) is 5.75 Å². The van der Waals surface area contributed by atoms with Gasteiger partial charge >= 0.3 is 5.97 Å². The highest BCUT2D eigenvalue weighted by molar-refractivity contribution is 5.85. The first-order chi connectivity index (χ1) is 7.72. The summed E-state index contributed by atoms with van der Waals surface area (Å²) >= 11 is 0. The number of rotatable bonds is 6. The van der Waals surface area contributed by atoms with E-state index in [9.17, 15) is 4.79 Å². The van der Waals surface area contributed by atoms with Gasteiger partial charge < -0.3 is 14.9 Å². The standard InChI is InChI=1S/C12H14O4/c13-8-1-9-16-11-5-2-10(3-6-11)4-7-12(14)15/h2-7,13H,1,8-9H2,(H,14,15). The van der Waals surface area contributed by atoms with E-state index in [2.05, 4.69) is 0 Å². The highest BCUT2D eigenvalue weighted by Gasteiger charge is 1.94. The highest BCUT2D eigenvalue weighted by Crippen LogP contribution is 2.13. The molecule has 0 saturated carbocycles. The lowest BCUT2D eigenvalue weighted by Crippen LogP contribution is -1.99. The van der Waals surface area contributed by atoms with Crippen molar-refractivity contribution in [2.75, 3.05) is 13.2 Å². The first-order valence-corrected chi connectivity index (χ1v) is 4.97. The number of benzene rings is 1. The van der Waals surface area contributed by atoms with Crippen molar-refractivity contribution in [3.05, 3.63) is 35.9 Å². The minimum Gasteiger partial charge on any atom is -0.494 e. The molecule has 4 nitrogen and oxygen atoms in total. The number of hydrogen-bond donors (Lipinski definition) is 2. The lowest BCUT2D eigenvalue weighted by molar-refractivity contribution is -0.131. The van der Waals surface area contributed by atoms with Crippen LogP contribution in [-0.4, -0.2) is 29.4 Å². The van der Waals surface area contributed by atoms with Gasteiger partial charge in [-0.15, -0.1) is 0 Å². The summed E-state index contributed by atoms with van der Waals surface area (Å²) in [5.41, 5.74) is 0.803. The Labute approximate surface area is 93.8 Å². The summed E-state index contributed by atoms with van der Waals surface area (Å²) in [5.74, 6) is -0.260. The maximum Gasteiger partial charge on any atom is 0.328 e. The van der Waals surface area contributed by atoms with E-state index >= 15 is 0 Å². The summed E-state index contributed by atoms with van der Waals surface area (Å²) in [6.07, 6.45) is 3.20. The summed E-state index contributed by atoms with van der Waals surface area (Å²) in [5, 5.41) is 17.0. The molecule has 1 rings (SSSR count). The zero-order chi connectivity index (χ0) is 11.8. The molecule has 0 bridgehead atoms. The van der Waals surface area contributed by atoms with Gasteiger partial charge in [0.25, 0.3) is 0 Å². The lowest BCUT2D eigenvalue weighted by atomic mass is 10.2. The Balaban J connectivity index is 2.51. The SMILES string of the molecule is O=C(O)C=Cc1ccc(OCCCO)cc1. The normalized spacial score (nSPS) is 10.6. The Morgan fingerprint density at radius 3 is 2.56 bits per heavy atom. The smallest absolute Gasteiger partial charge is 0.328 e. The van der Waals surface area contributed by atoms with Gasteiger partial charge in [0.2, 0.25) is 0 Å². The highest BCUT2D eigenvalue weighted by atomic mass is 16.5. The third kappa shape index (κ3) is 4.61. The van der Waals surface area contributed by atoms with Crippen molar-refractivity contribution in [2.24, 2.45) is 0 Å². The van der Waals surface area contributed by atoms with Crippen LogP contribution in [-0.2, 0) is 4.79 Å². The van der Waals surface area contributed by atoms with E-state index in [1.54, 1.807) is 24.3 Å². The average Bonchev–Trinajstić information content (AvgIpc) is 2.28. The zero-order valence-electron chi connectivity index (χ0n) is 8.80. The molecule has 0 heterocycles. The predicted octanol–water partition coefficient (Wildman–Crippen LogP) is 1.55. The van der Waals surface area contributed by atoms with E-state index in [1.165, 1.54) is 6.08 Å². The molecule has 0 amide bonds. The van der Waals surface area contributed by atoms with E-state index in [-0.39, 0.29) is 6.61 Å². The third-order valence-corrected chi connectivity index (χ3v) is 1.87. The van der Waals surface area contributed by atoms with Crippen LogP contribution < -0.4 is 4.74 Å². The molecule has 0 aliphatic rings. The molecule has 0 aliphatic heterocycles. The first kappa shape index (κ1) is 12.3. The van der Waals surface area contributed by atoms with Crippen LogP contribution in [0.25, 0.3) is 6.08 Å². The molecule has 0 spiro atoms. The molecule has 1 aromatic carbocycles. The van der Waals surface area contributed by atoms with Crippen LogP contribution in [0, 0.1) is 0 Å². The number of carboxylic acids is 1. The molecule has 16 heavy (non-hydrogen) atoms. The molecule has 4 heteroatoms. The Kier molecular flexibility index (Phi) is 5.08. The molecule has 2 N–H and O–H groups in total.